The number of amides is 2. The highest BCUT2D eigenvalue weighted by Crippen LogP contribution is 2.38. The Hall–Kier alpha value is -5.38. The molecule has 6 rings (SSSR count). The van der Waals surface area contributed by atoms with Gasteiger partial charge in [-0.1, -0.05) is 148 Å². The van der Waals surface area contributed by atoms with E-state index in [1.165, 1.54) is 11.1 Å². The van der Waals surface area contributed by atoms with Crippen molar-refractivity contribution in [2.45, 2.75) is 94.2 Å². The van der Waals surface area contributed by atoms with Crippen molar-refractivity contribution in [2.24, 2.45) is 23.3 Å². The fourth-order valence-corrected chi connectivity index (χ4v) is 7.47. The maximum atomic E-state index is 12.9. The van der Waals surface area contributed by atoms with Gasteiger partial charge in [0.25, 0.3) is 0 Å². The molecule has 62 heavy (non-hydrogen) atoms. The van der Waals surface area contributed by atoms with E-state index in [4.69, 9.17) is 21.4 Å². The molecule has 4 aromatic carbocycles. The number of carbonyl (C=O) groups is 2. The molecule has 6 aromatic rings. The molecular weight excluding hydrogens is 812 g/mol. The van der Waals surface area contributed by atoms with E-state index in [0.29, 0.717) is 37.8 Å². The van der Waals surface area contributed by atoms with Gasteiger partial charge < -0.3 is 22.1 Å². The van der Waals surface area contributed by atoms with Gasteiger partial charge in [-0.2, -0.15) is 0 Å². The van der Waals surface area contributed by atoms with Gasteiger partial charge in [0.1, 0.15) is 0 Å². The first-order chi connectivity index (χ1) is 28.8. The van der Waals surface area contributed by atoms with Crippen molar-refractivity contribution in [3.63, 3.8) is 0 Å². The van der Waals surface area contributed by atoms with Crippen molar-refractivity contribution >= 4 is 48.0 Å². The molecule has 0 radical (unpaired) electrons. The van der Waals surface area contributed by atoms with Gasteiger partial charge in [-0.15, -0.1) is 24.8 Å². The molecule has 0 saturated carbocycles. The van der Waals surface area contributed by atoms with Crippen LogP contribution >= 0.6 is 24.8 Å². The van der Waals surface area contributed by atoms with Crippen LogP contribution in [-0.2, 0) is 48.4 Å². The summed E-state index contributed by atoms with van der Waals surface area (Å²) >= 11 is 0. The molecule has 0 spiro atoms. The van der Waals surface area contributed by atoms with E-state index in [0.717, 1.165) is 91.5 Å². The Morgan fingerprint density at radius 3 is 1.13 bits per heavy atom. The first kappa shape index (κ1) is 51.0. The third-order valence-electron chi connectivity index (χ3n) is 10.4. The Morgan fingerprint density at radius 2 is 0.839 bits per heavy atom. The van der Waals surface area contributed by atoms with Crippen LogP contribution in [0.2, 0.25) is 0 Å². The van der Waals surface area contributed by atoms with Gasteiger partial charge in [-0.05, 0) is 85.8 Å². The summed E-state index contributed by atoms with van der Waals surface area (Å²) in [5.41, 5.74) is 28.0. The molecular formula is C52H64Cl2N6O2. The van der Waals surface area contributed by atoms with Gasteiger partial charge >= 0.3 is 0 Å². The number of aryl methyl sites for hydroxylation is 4. The average molecular weight is 876 g/mol. The number of carbonyl (C=O) groups excluding carboxylic acids is 2. The monoisotopic (exact) mass is 874 g/mol. The van der Waals surface area contributed by atoms with Crippen LogP contribution in [0.3, 0.4) is 0 Å². The number of nitrogens with one attached hydrogen (secondary N) is 2. The molecule has 0 aliphatic carbocycles. The van der Waals surface area contributed by atoms with Crippen molar-refractivity contribution in [1.29, 1.82) is 0 Å². The predicted octanol–water partition coefficient (Wildman–Crippen LogP) is 11.3. The Labute approximate surface area is 381 Å². The highest BCUT2D eigenvalue weighted by atomic mass is 35.5. The van der Waals surface area contributed by atoms with Crippen LogP contribution in [0.15, 0.2) is 109 Å². The van der Waals surface area contributed by atoms with Crippen molar-refractivity contribution < 1.29 is 9.59 Å². The minimum Gasteiger partial charge on any atom is -0.326 e. The van der Waals surface area contributed by atoms with Crippen molar-refractivity contribution in [3.8, 4) is 22.3 Å². The van der Waals surface area contributed by atoms with Crippen molar-refractivity contribution in [1.82, 2.24) is 9.97 Å². The zero-order chi connectivity index (χ0) is 43.3. The lowest BCUT2D eigenvalue weighted by atomic mass is 9.92. The fraction of sp³-hybridized carbons (Fsp3) is 0.308. The van der Waals surface area contributed by atoms with E-state index >= 15 is 0 Å². The summed E-state index contributed by atoms with van der Waals surface area (Å²) < 4.78 is 0. The SMILES string of the molecule is Cc1ccc(-c2c(CN)c(CC(C)C)nc(C)c2NC(=O)Cc2ccccc2)cc1.Cc1ccc(-c2c(CN)c(CC(C)C)nc(C)c2NC(=O)Cc2ccccc2)cc1.Cl.Cl. The van der Waals surface area contributed by atoms with Crippen LogP contribution in [0.25, 0.3) is 22.3 Å². The number of nitrogens with zero attached hydrogens (tertiary/aromatic N) is 2. The summed E-state index contributed by atoms with van der Waals surface area (Å²) in [5, 5.41) is 6.28. The van der Waals surface area contributed by atoms with E-state index in [1.807, 2.05) is 74.5 Å². The molecule has 0 fully saturated rings. The Balaban J connectivity index is 0.000000320. The highest BCUT2D eigenvalue weighted by Gasteiger charge is 2.22. The lowest BCUT2D eigenvalue weighted by molar-refractivity contribution is -0.116. The quantitative estimate of drug-likeness (QED) is 0.0860. The van der Waals surface area contributed by atoms with Crippen LogP contribution in [0.4, 0.5) is 11.4 Å². The van der Waals surface area contributed by atoms with Crippen LogP contribution in [-0.4, -0.2) is 21.8 Å². The van der Waals surface area contributed by atoms with E-state index < -0.39 is 0 Å². The lowest BCUT2D eigenvalue weighted by Gasteiger charge is -2.21. The third kappa shape index (κ3) is 13.8. The zero-order valence-corrected chi connectivity index (χ0v) is 39.1. The molecule has 6 N–H and O–H groups in total. The molecule has 0 bridgehead atoms. The van der Waals surface area contributed by atoms with Crippen molar-refractivity contribution in [2.75, 3.05) is 10.6 Å². The number of nitrogens with two attached hydrogens (primary N) is 2. The van der Waals surface area contributed by atoms with E-state index in [-0.39, 0.29) is 36.6 Å². The molecule has 0 aliphatic rings. The molecule has 0 atom stereocenters. The van der Waals surface area contributed by atoms with Gasteiger partial charge in [0.05, 0.1) is 35.6 Å². The molecule has 2 amide bonds. The molecule has 0 saturated heterocycles. The van der Waals surface area contributed by atoms with Gasteiger partial charge in [0.2, 0.25) is 11.8 Å². The number of anilines is 2. The minimum atomic E-state index is -0.0564. The number of benzene rings is 4. The van der Waals surface area contributed by atoms with Crippen LogP contribution in [0, 0.1) is 39.5 Å². The summed E-state index contributed by atoms with van der Waals surface area (Å²) in [7, 11) is 0. The number of hydrogen-bond acceptors (Lipinski definition) is 6. The maximum absolute atomic E-state index is 12.9. The van der Waals surface area contributed by atoms with E-state index in [1.54, 1.807) is 0 Å². The third-order valence-corrected chi connectivity index (χ3v) is 10.4. The number of hydrogen-bond donors (Lipinski definition) is 4. The standard InChI is InChI=1S/2C26H31N3O.2ClH/c2*1-17(2)14-23-22(16-27)25(21-12-10-18(3)11-13-21)26(19(4)28-23)29-24(30)15-20-8-6-5-7-9-20;;/h2*5-13,17H,14-16,27H2,1-4H3,(H,29,30);2*1H. The Bertz CT molecular complexity index is 2200. The number of aromatic nitrogens is 2. The number of pyridine rings is 2. The van der Waals surface area contributed by atoms with Gasteiger partial charge in [0.15, 0.2) is 0 Å². The largest absolute Gasteiger partial charge is 0.326 e. The predicted molar refractivity (Wildman–Crippen MR) is 263 cm³/mol. The summed E-state index contributed by atoms with van der Waals surface area (Å²) in [4.78, 5) is 35.4. The topological polar surface area (TPSA) is 136 Å². The molecule has 2 aromatic heterocycles. The molecule has 8 nitrogen and oxygen atoms in total. The van der Waals surface area contributed by atoms with E-state index in [9.17, 15) is 9.59 Å². The maximum Gasteiger partial charge on any atom is 0.228 e. The Morgan fingerprint density at radius 1 is 0.516 bits per heavy atom. The summed E-state index contributed by atoms with van der Waals surface area (Å²) in [6.07, 6.45) is 2.34. The first-order valence-electron chi connectivity index (χ1n) is 21.0. The number of halogens is 2. The molecule has 10 heteroatoms. The summed E-state index contributed by atoms with van der Waals surface area (Å²) in [6, 6.07) is 36.2. The summed E-state index contributed by atoms with van der Waals surface area (Å²) in [5.74, 6) is 0.816. The second-order valence-electron chi connectivity index (χ2n) is 16.5. The lowest BCUT2D eigenvalue weighted by Crippen LogP contribution is -2.19. The fourth-order valence-electron chi connectivity index (χ4n) is 7.47. The van der Waals surface area contributed by atoms with Gasteiger partial charge in [0, 0.05) is 35.6 Å². The molecule has 0 unspecified atom stereocenters. The Kier molecular flexibility index (Phi) is 20.0. The van der Waals surface area contributed by atoms with Crippen LogP contribution in [0.1, 0.15) is 83.9 Å². The molecule has 2 heterocycles. The summed E-state index contributed by atoms with van der Waals surface area (Å²) in [6.45, 7) is 17.5. The normalized spacial score (nSPS) is 10.6. The smallest absolute Gasteiger partial charge is 0.228 e. The van der Waals surface area contributed by atoms with Crippen molar-refractivity contribution in [3.05, 3.63) is 165 Å². The second-order valence-corrected chi connectivity index (χ2v) is 16.5. The number of rotatable bonds is 14. The molecule has 0 aliphatic heterocycles. The zero-order valence-electron chi connectivity index (χ0n) is 37.5. The second kappa shape index (κ2) is 24.3. The van der Waals surface area contributed by atoms with Gasteiger partial charge in [-0.3, -0.25) is 19.6 Å². The van der Waals surface area contributed by atoms with Gasteiger partial charge in [-0.25, -0.2) is 0 Å². The van der Waals surface area contributed by atoms with Crippen LogP contribution < -0.4 is 22.1 Å². The highest BCUT2D eigenvalue weighted by molar-refractivity contribution is 5.99. The van der Waals surface area contributed by atoms with Crippen LogP contribution in [0.5, 0.6) is 0 Å². The van der Waals surface area contributed by atoms with E-state index in [2.05, 4.69) is 101 Å². The molecule has 328 valence electrons. The minimum absolute atomic E-state index is 0. The first-order valence-corrected chi connectivity index (χ1v) is 21.0. The average Bonchev–Trinajstić information content (AvgIpc) is 3.21.